The van der Waals surface area contributed by atoms with Crippen LogP contribution in [0.3, 0.4) is 0 Å². The molecule has 0 saturated carbocycles. The smallest absolute Gasteiger partial charge is 0.261 e. The van der Waals surface area contributed by atoms with Crippen molar-refractivity contribution in [3.63, 3.8) is 0 Å². The van der Waals surface area contributed by atoms with Crippen molar-refractivity contribution in [2.45, 2.75) is 32.9 Å². The van der Waals surface area contributed by atoms with Gasteiger partial charge < -0.3 is 15.0 Å². The van der Waals surface area contributed by atoms with E-state index in [1.807, 2.05) is 68.4 Å². The fraction of sp³-hybridized carbons (Fsp3) is 0.259. The zero-order valence-corrected chi connectivity index (χ0v) is 21.6. The van der Waals surface area contributed by atoms with E-state index < -0.39 is 6.04 Å². The molecule has 5 nitrogen and oxygen atoms in total. The van der Waals surface area contributed by atoms with Gasteiger partial charge in [0.2, 0.25) is 5.91 Å². The SMILES string of the molecule is CCNC(=O)[C@@H](Cc1ccccc1)N(Cc1cccc(Cl)c1)C(=O)COc1ccc(Br)c(C)c1. The molecule has 0 fully saturated rings. The minimum absolute atomic E-state index is 0.188. The standard InChI is InChI=1S/C27H28BrClN2O3/c1-3-30-27(33)25(16-20-8-5-4-6-9-20)31(17-21-10-7-11-22(29)15-21)26(32)18-34-23-12-13-24(28)19(2)14-23/h4-15,25H,3,16-18H2,1-2H3,(H,30,33)/t25-/m1/s1. The van der Waals surface area contributed by atoms with Gasteiger partial charge in [-0.1, -0.05) is 70.0 Å². The van der Waals surface area contributed by atoms with Crippen molar-refractivity contribution < 1.29 is 14.3 Å². The van der Waals surface area contributed by atoms with Crippen LogP contribution in [-0.2, 0) is 22.6 Å². The normalized spacial score (nSPS) is 11.5. The molecule has 3 aromatic carbocycles. The van der Waals surface area contributed by atoms with Gasteiger partial charge in [-0.25, -0.2) is 0 Å². The Morgan fingerprint density at radius 2 is 1.76 bits per heavy atom. The van der Waals surface area contributed by atoms with E-state index in [4.69, 9.17) is 16.3 Å². The quantitative estimate of drug-likeness (QED) is 0.364. The number of rotatable bonds is 10. The Morgan fingerprint density at radius 1 is 1.03 bits per heavy atom. The third-order valence-corrected chi connectivity index (χ3v) is 6.48. The van der Waals surface area contributed by atoms with Crippen molar-refractivity contribution in [2.75, 3.05) is 13.2 Å². The van der Waals surface area contributed by atoms with Crippen LogP contribution < -0.4 is 10.1 Å². The summed E-state index contributed by atoms with van der Waals surface area (Å²) in [6.45, 7) is 4.33. The first kappa shape index (κ1) is 25.8. The van der Waals surface area contributed by atoms with E-state index in [1.165, 1.54) is 0 Å². The molecule has 178 valence electrons. The van der Waals surface area contributed by atoms with Crippen LogP contribution >= 0.6 is 27.5 Å². The van der Waals surface area contributed by atoms with Gasteiger partial charge in [-0.2, -0.15) is 0 Å². The molecule has 34 heavy (non-hydrogen) atoms. The lowest BCUT2D eigenvalue weighted by Gasteiger charge is -2.31. The first-order chi connectivity index (χ1) is 16.4. The average Bonchev–Trinajstić information content (AvgIpc) is 2.82. The second-order valence-electron chi connectivity index (χ2n) is 7.95. The predicted octanol–water partition coefficient (Wildman–Crippen LogP) is 5.57. The summed E-state index contributed by atoms with van der Waals surface area (Å²) in [4.78, 5) is 28.2. The van der Waals surface area contributed by atoms with Crippen LogP contribution in [0.5, 0.6) is 5.75 Å². The molecule has 1 atom stereocenters. The molecule has 0 bridgehead atoms. The first-order valence-corrected chi connectivity index (χ1v) is 12.3. The molecular formula is C27H28BrClN2O3. The minimum Gasteiger partial charge on any atom is -0.484 e. The average molecular weight is 544 g/mol. The highest BCUT2D eigenvalue weighted by Crippen LogP contribution is 2.22. The van der Waals surface area contributed by atoms with Crippen LogP contribution in [0.2, 0.25) is 5.02 Å². The monoisotopic (exact) mass is 542 g/mol. The third-order valence-electron chi connectivity index (χ3n) is 5.36. The highest BCUT2D eigenvalue weighted by Gasteiger charge is 2.30. The van der Waals surface area contributed by atoms with E-state index in [1.54, 1.807) is 23.1 Å². The maximum absolute atomic E-state index is 13.5. The summed E-state index contributed by atoms with van der Waals surface area (Å²) in [6, 6.07) is 21.8. The largest absolute Gasteiger partial charge is 0.484 e. The molecule has 0 aliphatic heterocycles. The van der Waals surface area contributed by atoms with Crippen molar-refractivity contribution in [3.05, 3.63) is 99.0 Å². The van der Waals surface area contributed by atoms with Gasteiger partial charge >= 0.3 is 0 Å². The van der Waals surface area contributed by atoms with E-state index in [2.05, 4.69) is 21.2 Å². The van der Waals surface area contributed by atoms with Crippen LogP contribution in [0, 0.1) is 6.92 Å². The van der Waals surface area contributed by atoms with Gasteiger partial charge in [-0.3, -0.25) is 9.59 Å². The summed E-state index contributed by atoms with van der Waals surface area (Å²) in [5, 5.41) is 3.45. The summed E-state index contributed by atoms with van der Waals surface area (Å²) in [5.41, 5.74) is 2.81. The van der Waals surface area contributed by atoms with E-state index in [0.29, 0.717) is 23.7 Å². The maximum atomic E-state index is 13.5. The van der Waals surface area contributed by atoms with E-state index in [-0.39, 0.29) is 25.0 Å². The Kier molecular flexibility index (Phi) is 9.54. The fourth-order valence-electron chi connectivity index (χ4n) is 3.61. The molecule has 1 N–H and O–H groups in total. The van der Waals surface area contributed by atoms with Crippen LogP contribution in [0.4, 0.5) is 0 Å². The van der Waals surface area contributed by atoms with E-state index in [0.717, 1.165) is 21.2 Å². The van der Waals surface area contributed by atoms with Crippen LogP contribution in [0.25, 0.3) is 0 Å². The van der Waals surface area contributed by atoms with Crippen LogP contribution in [0.1, 0.15) is 23.6 Å². The third kappa shape index (κ3) is 7.34. The second kappa shape index (κ2) is 12.6. The van der Waals surface area contributed by atoms with Crippen molar-refractivity contribution in [3.8, 4) is 5.75 Å². The van der Waals surface area contributed by atoms with E-state index in [9.17, 15) is 9.59 Å². The maximum Gasteiger partial charge on any atom is 0.261 e. The number of halogens is 2. The molecule has 0 aliphatic carbocycles. The Bertz CT molecular complexity index is 1120. The lowest BCUT2D eigenvalue weighted by Crippen LogP contribution is -2.51. The molecule has 2 amide bonds. The topological polar surface area (TPSA) is 58.6 Å². The second-order valence-corrected chi connectivity index (χ2v) is 9.24. The number of amides is 2. The molecule has 0 spiro atoms. The number of hydrogen-bond acceptors (Lipinski definition) is 3. The number of nitrogens with zero attached hydrogens (tertiary/aromatic N) is 1. The molecule has 7 heteroatoms. The number of benzene rings is 3. The van der Waals surface area contributed by atoms with Gasteiger partial charge in [-0.05, 0) is 60.9 Å². The molecule has 0 heterocycles. The number of carbonyl (C=O) groups is 2. The number of likely N-dealkylation sites (N-methyl/N-ethyl adjacent to an activating group) is 1. The lowest BCUT2D eigenvalue weighted by molar-refractivity contribution is -0.142. The Morgan fingerprint density at radius 3 is 2.44 bits per heavy atom. The zero-order chi connectivity index (χ0) is 24.5. The summed E-state index contributed by atoms with van der Waals surface area (Å²) in [5.74, 6) is 0.100. The summed E-state index contributed by atoms with van der Waals surface area (Å²) in [6.07, 6.45) is 0.385. The number of aryl methyl sites for hydroxylation is 1. The number of ether oxygens (including phenoxy) is 1. The van der Waals surface area contributed by atoms with Gasteiger partial charge in [0.15, 0.2) is 6.61 Å². The highest BCUT2D eigenvalue weighted by atomic mass is 79.9. The fourth-order valence-corrected chi connectivity index (χ4v) is 4.07. The molecule has 0 radical (unpaired) electrons. The molecular weight excluding hydrogens is 516 g/mol. The van der Waals surface area contributed by atoms with Crippen LogP contribution in [-0.4, -0.2) is 35.9 Å². The Balaban J connectivity index is 1.89. The number of hydrogen-bond donors (Lipinski definition) is 1. The van der Waals surface area contributed by atoms with E-state index >= 15 is 0 Å². The highest BCUT2D eigenvalue weighted by molar-refractivity contribution is 9.10. The number of carbonyl (C=O) groups excluding carboxylic acids is 2. The molecule has 0 aromatic heterocycles. The van der Waals surface area contributed by atoms with Crippen molar-refractivity contribution in [1.82, 2.24) is 10.2 Å². The molecule has 0 unspecified atom stereocenters. The first-order valence-electron chi connectivity index (χ1n) is 11.1. The van der Waals surface area contributed by atoms with Gasteiger partial charge in [0.05, 0.1) is 0 Å². The molecule has 0 saturated heterocycles. The van der Waals surface area contributed by atoms with Gasteiger partial charge in [0.1, 0.15) is 11.8 Å². The van der Waals surface area contributed by atoms with Gasteiger partial charge in [0, 0.05) is 29.0 Å². The van der Waals surface area contributed by atoms with Crippen LogP contribution in [0.15, 0.2) is 77.3 Å². The van der Waals surface area contributed by atoms with Gasteiger partial charge in [0.25, 0.3) is 5.91 Å². The summed E-state index contributed by atoms with van der Waals surface area (Å²) < 4.78 is 6.78. The van der Waals surface area contributed by atoms with Crippen molar-refractivity contribution in [2.24, 2.45) is 0 Å². The summed E-state index contributed by atoms with van der Waals surface area (Å²) in [7, 11) is 0. The predicted molar refractivity (Wildman–Crippen MR) is 139 cm³/mol. The Hall–Kier alpha value is -2.83. The Labute approximate surface area is 214 Å². The minimum atomic E-state index is -0.705. The molecule has 3 rings (SSSR count). The lowest BCUT2D eigenvalue weighted by atomic mass is 10.0. The molecule has 0 aliphatic rings. The zero-order valence-electron chi connectivity index (χ0n) is 19.3. The van der Waals surface area contributed by atoms with Crippen molar-refractivity contribution >= 4 is 39.3 Å². The van der Waals surface area contributed by atoms with Crippen molar-refractivity contribution in [1.29, 1.82) is 0 Å². The molecule has 3 aromatic rings. The summed E-state index contributed by atoms with van der Waals surface area (Å²) >= 11 is 9.66. The number of nitrogens with one attached hydrogen (secondary N) is 1. The van der Waals surface area contributed by atoms with Gasteiger partial charge in [-0.15, -0.1) is 0 Å².